The summed E-state index contributed by atoms with van der Waals surface area (Å²) in [6, 6.07) is 1.38. The summed E-state index contributed by atoms with van der Waals surface area (Å²) < 4.78 is 0. The number of hydrogen-bond donors (Lipinski definition) is 0. The first-order chi connectivity index (χ1) is 5.75. The van der Waals surface area contributed by atoms with Crippen molar-refractivity contribution >= 4 is 0 Å². The van der Waals surface area contributed by atoms with Crippen LogP contribution >= 0.6 is 0 Å². The van der Waals surface area contributed by atoms with E-state index in [0.717, 1.165) is 6.54 Å². The van der Waals surface area contributed by atoms with Crippen LogP contribution in [0.3, 0.4) is 0 Å². The van der Waals surface area contributed by atoms with Gasteiger partial charge in [0.2, 0.25) is 6.54 Å². The summed E-state index contributed by atoms with van der Waals surface area (Å²) in [5.41, 5.74) is 0. The summed E-state index contributed by atoms with van der Waals surface area (Å²) in [4.78, 5) is 5.88. The lowest BCUT2D eigenvalue weighted by Gasteiger charge is -2.37. The number of piperidine rings is 1. The summed E-state index contributed by atoms with van der Waals surface area (Å²) in [7, 11) is 0. The second kappa shape index (κ2) is 4.47. The zero-order valence-electron chi connectivity index (χ0n) is 8.08. The normalized spacial score (nSPS) is 31.4. The van der Waals surface area contributed by atoms with Crippen molar-refractivity contribution in [1.29, 1.82) is 0 Å². The van der Waals surface area contributed by atoms with E-state index in [4.69, 9.17) is 6.57 Å². The fourth-order valence-electron chi connectivity index (χ4n) is 2.08. The SMILES string of the molecule is [C-]#[N+]CCN1C(C)CCCC1C. The van der Waals surface area contributed by atoms with Gasteiger partial charge in [-0.25, -0.2) is 6.57 Å². The summed E-state index contributed by atoms with van der Waals surface area (Å²) in [6.45, 7) is 12.9. The molecule has 2 heteroatoms. The molecule has 2 atom stereocenters. The molecule has 1 fully saturated rings. The number of nitrogens with zero attached hydrogens (tertiary/aromatic N) is 2. The second-order valence-corrected chi connectivity index (χ2v) is 3.75. The maximum Gasteiger partial charge on any atom is 0.227 e. The topological polar surface area (TPSA) is 7.60 Å². The van der Waals surface area contributed by atoms with E-state index in [0.29, 0.717) is 18.6 Å². The molecule has 0 aromatic carbocycles. The Labute approximate surface area is 75.4 Å². The lowest BCUT2D eigenvalue weighted by atomic mass is 9.98. The minimum Gasteiger partial charge on any atom is -0.316 e. The van der Waals surface area contributed by atoms with Crippen molar-refractivity contribution in [3.8, 4) is 0 Å². The quantitative estimate of drug-likeness (QED) is 0.570. The monoisotopic (exact) mass is 166 g/mol. The Bertz CT molecular complexity index is 161. The highest BCUT2D eigenvalue weighted by Gasteiger charge is 2.24. The van der Waals surface area contributed by atoms with E-state index in [9.17, 15) is 0 Å². The molecule has 1 rings (SSSR count). The van der Waals surface area contributed by atoms with Crippen LogP contribution in [-0.2, 0) is 0 Å². The van der Waals surface area contributed by atoms with Crippen LogP contribution in [0.1, 0.15) is 33.1 Å². The van der Waals surface area contributed by atoms with Crippen LogP contribution in [0.15, 0.2) is 0 Å². The zero-order chi connectivity index (χ0) is 8.97. The van der Waals surface area contributed by atoms with Crippen LogP contribution in [-0.4, -0.2) is 30.1 Å². The van der Waals surface area contributed by atoms with Crippen molar-refractivity contribution in [3.63, 3.8) is 0 Å². The lowest BCUT2D eigenvalue weighted by Crippen LogP contribution is -2.44. The average Bonchev–Trinajstić information content (AvgIpc) is 2.04. The molecular weight excluding hydrogens is 148 g/mol. The van der Waals surface area contributed by atoms with E-state index in [-0.39, 0.29) is 0 Å². The summed E-state index contributed by atoms with van der Waals surface area (Å²) >= 11 is 0. The van der Waals surface area contributed by atoms with Gasteiger partial charge in [0.25, 0.3) is 0 Å². The molecule has 0 aromatic heterocycles. The molecule has 1 aliphatic heterocycles. The lowest BCUT2D eigenvalue weighted by molar-refractivity contribution is 0.110. The molecule has 0 aliphatic carbocycles. The number of likely N-dealkylation sites (tertiary alicyclic amines) is 1. The highest BCUT2D eigenvalue weighted by Crippen LogP contribution is 2.21. The predicted molar refractivity (Wildman–Crippen MR) is 51.0 cm³/mol. The molecule has 1 heterocycles. The largest absolute Gasteiger partial charge is 0.316 e. The fraction of sp³-hybridized carbons (Fsp3) is 0.900. The van der Waals surface area contributed by atoms with Gasteiger partial charge in [0.1, 0.15) is 0 Å². The Hall–Kier alpha value is -0.550. The summed E-state index contributed by atoms with van der Waals surface area (Å²) in [5, 5.41) is 0. The molecule has 0 aromatic rings. The zero-order valence-corrected chi connectivity index (χ0v) is 8.08. The first-order valence-electron chi connectivity index (χ1n) is 4.84. The van der Waals surface area contributed by atoms with Gasteiger partial charge < -0.3 is 4.85 Å². The van der Waals surface area contributed by atoms with E-state index in [1.54, 1.807) is 0 Å². The smallest absolute Gasteiger partial charge is 0.227 e. The van der Waals surface area contributed by atoms with Gasteiger partial charge in [0.05, 0.1) is 6.54 Å². The summed E-state index contributed by atoms with van der Waals surface area (Å²) in [6.07, 6.45) is 3.97. The molecule has 68 valence electrons. The van der Waals surface area contributed by atoms with E-state index >= 15 is 0 Å². The van der Waals surface area contributed by atoms with E-state index in [1.807, 2.05) is 0 Å². The minimum absolute atomic E-state index is 0.661. The second-order valence-electron chi connectivity index (χ2n) is 3.75. The van der Waals surface area contributed by atoms with Crippen molar-refractivity contribution in [3.05, 3.63) is 11.4 Å². The number of rotatable bonds is 2. The van der Waals surface area contributed by atoms with Crippen LogP contribution in [0, 0.1) is 6.57 Å². The van der Waals surface area contributed by atoms with E-state index < -0.39 is 0 Å². The molecular formula is C10H18N2. The highest BCUT2D eigenvalue weighted by atomic mass is 15.2. The molecule has 0 bridgehead atoms. The van der Waals surface area contributed by atoms with Gasteiger partial charge in [-0.3, -0.25) is 4.90 Å². The minimum atomic E-state index is 0.661. The molecule has 0 N–H and O–H groups in total. The Morgan fingerprint density at radius 2 is 1.92 bits per heavy atom. The Morgan fingerprint density at radius 3 is 2.42 bits per heavy atom. The van der Waals surface area contributed by atoms with Crippen LogP contribution in [0.2, 0.25) is 0 Å². The molecule has 2 nitrogen and oxygen atoms in total. The fourth-order valence-corrected chi connectivity index (χ4v) is 2.08. The molecule has 0 radical (unpaired) electrons. The maximum atomic E-state index is 6.75. The van der Waals surface area contributed by atoms with Gasteiger partial charge in [-0.2, -0.15) is 0 Å². The van der Waals surface area contributed by atoms with Gasteiger partial charge in [-0.05, 0) is 26.7 Å². The van der Waals surface area contributed by atoms with Crippen LogP contribution in [0.25, 0.3) is 4.85 Å². The molecule has 12 heavy (non-hydrogen) atoms. The third-order valence-electron chi connectivity index (χ3n) is 2.85. The van der Waals surface area contributed by atoms with Gasteiger partial charge in [0.15, 0.2) is 0 Å². The van der Waals surface area contributed by atoms with Crippen molar-refractivity contribution < 1.29 is 0 Å². The van der Waals surface area contributed by atoms with Crippen molar-refractivity contribution in [2.45, 2.75) is 45.2 Å². The standard InChI is InChI=1S/C10H18N2/c1-9-5-4-6-10(2)12(9)8-7-11-3/h9-10H,4-8H2,1-2H3. The Morgan fingerprint density at radius 1 is 1.33 bits per heavy atom. The predicted octanol–water partition coefficient (Wildman–Crippen LogP) is 2.17. The van der Waals surface area contributed by atoms with Crippen molar-refractivity contribution in [1.82, 2.24) is 4.90 Å². The van der Waals surface area contributed by atoms with E-state index in [1.165, 1.54) is 19.3 Å². The molecule has 0 saturated carbocycles. The summed E-state index contributed by atoms with van der Waals surface area (Å²) in [5.74, 6) is 0. The third-order valence-corrected chi connectivity index (χ3v) is 2.85. The average molecular weight is 166 g/mol. The van der Waals surface area contributed by atoms with E-state index in [2.05, 4.69) is 23.6 Å². The molecule has 1 saturated heterocycles. The van der Waals surface area contributed by atoms with Crippen LogP contribution in [0.5, 0.6) is 0 Å². The van der Waals surface area contributed by atoms with Gasteiger partial charge >= 0.3 is 0 Å². The molecule has 0 amide bonds. The van der Waals surface area contributed by atoms with Crippen LogP contribution < -0.4 is 0 Å². The maximum absolute atomic E-state index is 6.75. The molecule has 1 aliphatic rings. The van der Waals surface area contributed by atoms with Crippen molar-refractivity contribution in [2.24, 2.45) is 0 Å². The number of hydrogen-bond acceptors (Lipinski definition) is 1. The third kappa shape index (κ3) is 2.22. The molecule has 2 unspecified atom stereocenters. The van der Waals surface area contributed by atoms with Gasteiger partial charge in [-0.1, -0.05) is 6.42 Å². The molecule has 0 spiro atoms. The Kier molecular flexibility index (Phi) is 3.55. The van der Waals surface area contributed by atoms with Crippen LogP contribution in [0.4, 0.5) is 0 Å². The van der Waals surface area contributed by atoms with Gasteiger partial charge in [0, 0.05) is 12.1 Å². The first kappa shape index (κ1) is 9.54. The van der Waals surface area contributed by atoms with Crippen molar-refractivity contribution in [2.75, 3.05) is 13.1 Å². The Balaban J connectivity index is 2.41. The highest BCUT2D eigenvalue weighted by molar-refractivity contribution is 4.81. The van der Waals surface area contributed by atoms with Gasteiger partial charge in [-0.15, -0.1) is 0 Å². The first-order valence-corrected chi connectivity index (χ1v) is 4.84.